The third-order valence-corrected chi connectivity index (χ3v) is 12.3. The van der Waals surface area contributed by atoms with Gasteiger partial charge in [0.05, 0.1) is 49.9 Å². The molecule has 4 aliphatic rings. The number of carbonyl (C=O) groups excluding carboxylic acids is 2. The smallest absolute Gasteiger partial charge is 0.319 e. The molecule has 5 N–H and O–H groups in total. The summed E-state index contributed by atoms with van der Waals surface area (Å²) in [5.41, 5.74) is 8.00. The predicted octanol–water partition coefficient (Wildman–Crippen LogP) is 5.41. The minimum atomic E-state index is -0.219. The number of amides is 4. The molecule has 0 spiro atoms. The van der Waals surface area contributed by atoms with Crippen LogP contribution in [0.1, 0.15) is 56.0 Å². The lowest BCUT2D eigenvalue weighted by atomic mass is 10.1. The van der Waals surface area contributed by atoms with E-state index < -0.39 is 0 Å². The first-order valence-electron chi connectivity index (χ1n) is 23.7. The van der Waals surface area contributed by atoms with Crippen LogP contribution in [0.15, 0.2) is 60.8 Å². The van der Waals surface area contributed by atoms with E-state index in [0.29, 0.717) is 38.7 Å². The van der Waals surface area contributed by atoms with Crippen molar-refractivity contribution in [1.29, 1.82) is 0 Å². The van der Waals surface area contributed by atoms with Crippen molar-refractivity contribution in [3.05, 3.63) is 89.1 Å². The molecule has 3 aromatic heterocycles. The molecule has 2 atom stereocenters. The van der Waals surface area contributed by atoms with Gasteiger partial charge in [-0.25, -0.2) is 39.5 Å². The number of hydrogen-bond donors (Lipinski definition) is 5. The van der Waals surface area contributed by atoms with E-state index in [1.165, 1.54) is 11.1 Å². The number of aromatic nitrogens is 6. The van der Waals surface area contributed by atoms with Crippen LogP contribution >= 0.6 is 0 Å². The van der Waals surface area contributed by atoms with E-state index in [-0.39, 0.29) is 24.1 Å². The van der Waals surface area contributed by atoms with Gasteiger partial charge in [0.1, 0.15) is 23.3 Å². The molecule has 0 unspecified atom stereocenters. The highest BCUT2D eigenvalue weighted by atomic mass is 16.5. The largest absolute Gasteiger partial charge is 0.377 e. The van der Waals surface area contributed by atoms with Crippen LogP contribution in [0.2, 0.25) is 0 Å². The molecule has 2 fully saturated rings. The predicted molar refractivity (Wildman–Crippen MR) is 262 cm³/mol. The molecular formula is C49H64N14O4. The van der Waals surface area contributed by atoms with Gasteiger partial charge in [-0.1, -0.05) is 0 Å². The van der Waals surface area contributed by atoms with Crippen molar-refractivity contribution >= 4 is 40.9 Å². The molecule has 2 aromatic carbocycles. The number of benzene rings is 2. The highest BCUT2D eigenvalue weighted by Gasteiger charge is 2.29. The molecule has 0 saturated carbocycles. The fraction of sp³-hybridized carbons (Fsp3) is 0.469. The summed E-state index contributed by atoms with van der Waals surface area (Å²) in [5.74, 6) is 5.19. The van der Waals surface area contributed by atoms with Gasteiger partial charge in [-0.2, -0.15) is 0 Å². The Balaban J connectivity index is 0.000000186. The van der Waals surface area contributed by atoms with Crippen molar-refractivity contribution in [2.45, 2.75) is 72.4 Å². The lowest BCUT2D eigenvalue weighted by Gasteiger charge is -2.36. The highest BCUT2D eigenvalue weighted by molar-refractivity contribution is 5.90. The molecule has 4 amide bonds. The average Bonchev–Trinajstić information content (AvgIpc) is 3.72. The second-order valence-electron chi connectivity index (χ2n) is 17.1. The van der Waals surface area contributed by atoms with Gasteiger partial charge < -0.3 is 50.8 Å². The number of anilines is 5. The van der Waals surface area contributed by atoms with Gasteiger partial charge in [0.15, 0.2) is 11.6 Å². The fourth-order valence-corrected chi connectivity index (χ4v) is 8.85. The minimum absolute atomic E-state index is 0.206. The number of morpholine rings is 2. The molecule has 2 saturated heterocycles. The molecule has 0 bridgehead atoms. The van der Waals surface area contributed by atoms with Crippen LogP contribution in [-0.2, 0) is 35.2 Å². The van der Waals surface area contributed by atoms with Crippen molar-refractivity contribution in [3.8, 4) is 22.8 Å². The Bertz CT molecular complexity index is 2470. The highest BCUT2D eigenvalue weighted by Crippen LogP contribution is 2.33. The minimum Gasteiger partial charge on any atom is -0.377 e. The van der Waals surface area contributed by atoms with E-state index in [1.807, 2.05) is 81.6 Å². The first kappa shape index (κ1) is 47.0. The molecule has 7 heterocycles. The van der Waals surface area contributed by atoms with Gasteiger partial charge in [-0.3, -0.25) is 0 Å². The van der Waals surface area contributed by atoms with Crippen molar-refractivity contribution in [2.24, 2.45) is 0 Å². The van der Waals surface area contributed by atoms with E-state index in [2.05, 4.69) is 65.1 Å². The quantitative estimate of drug-likeness (QED) is 0.126. The standard InChI is InChI=1S/C27H34N8O2.C22H30N6O2/c1-4-28-27(36)31-21-7-5-20(6-8-21)25-32-23-11-14-34(24-9-12-29-19(3)30-24)13-10-22(23)26(33-25)35-15-16-37-17-18(35)2;1-3-24-22(29)25-17-6-4-16(5-7-17)20-26-19-9-11-23-10-8-18(19)21(27-20)28-12-13-30-14-15(28)2/h5-9,12,18H,4,10-11,13-17H2,1-3H3,(H2,28,31,36);4-7,15,23H,3,8-14H2,1-2H3,(H2,24,25,29)/t18-;15-/m00/s1. The topological polar surface area (TPSA) is 200 Å². The molecular weight excluding hydrogens is 849 g/mol. The number of hydrogen-bond acceptors (Lipinski definition) is 14. The van der Waals surface area contributed by atoms with Gasteiger partial charge >= 0.3 is 12.1 Å². The number of fused-ring (bicyclic) bond motifs is 2. The zero-order chi connectivity index (χ0) is 46.7. The van der Waals surface area contributed by atoms with Gasteiger partial charge in [-0.05, 0) is 109 Å². The van der Waals surface area contributed by atoms with Crippen LogP contribution in [-0.4, -0.2) is 133 Å². The monoisotopic (exact) mass is 913 g/mol. The third kappa shape index (κ3) is 11.7. The van der Waals surface area contributed by atoms with E-state index in [9.17, 15) is 9.59 Å². The van der Waals surface area contributed by atoms with Crippen LogP contribution < -0.4 is 41.3 Å². The Morgan fingerprint density at radius 2 is 1.15 bits per heavy atom. The summed E-state index contributed by atoms with van der Waals surface area (Å²) in [7, 11) is 0. The number of carbonyl (C=O) groups is 2. The van der Waals surface area contributed by atoms with Crippen LogP contribution in [0.3, 0.4) is 0 Å². The third-order valence-electron chi connectivity index (χ3n) is 12.3. The van der Waals surface area contributed by atoms with Crippen LogP contribution in [0.25, 0.3) is 22.8 Å². The zero-order valence-electron chi connectivity index (χ0n) is 39.4. The van der Waals surface area contributed by atoms with E-state index >= 15 is 0 Å². The first-order valence-corrected chi connectivity index (χ1v) is 23.7. The SMILES string of the molecule is CCNC(=O)Nc1ccc(-c2nc3c(c(N4CCOC[C@@H]4C)n2)CCN(c2ccnc(C)n2)CC3)cc1.CCNC(=O)Nc1ccc(-c2nc3c(c(N4CCOC[C@@H]4C)n2)CCNCC3)cc1. The van der Waals surface area contributed by atoms with E-state index in [1.54, 1.807) is 0 Å². The molecule has 0 radical (unpaired) electrons. The first-order chi connectivity index (χ1) is 32.7. The summed E-state index contributed by atoms with van der Waals surface area (Å²) >= 11 is 0. The summed E-state index contributed by atoms with van der Waals surface area (Å²) in [4.78, 5) is 59.7. The number of nitrogens with zero attached hydrogens (tertiary/aromatic N) is 9. The van der Waals surface area contributed by atoms with Crippen molar-refractivity contribution in [3.63, 3.8) is 0 Å². The van der Waals surface area contributed by atoms with E-state index in [0.717, 1.165) is 135 Å². The van der Waals surface area contributed by atoms with Gasteiger partial charge in [0.25, 0.3) is 0 Å². The maximum absolute atomic E-state index is 11.9. The second kappa shape index (κ2) is 22.3. The lowest BCUT2D eigenvalue weighted by molar-refractivity contribution is 0.0984. The molecule has 4 aliphatic heterocycles. The Morgan fingerprint density at radius 3 is 1.67 bits per heavy atom. The molecule has 5 aromatic rings. The molecule has 9 rings (SSSR count). The molecule has 354 valence electrons. The molecule has 67 heavy (non-hydrogen) atoms. The normalized spacial score (nSPS) is 18.3. The number of urea groups is 2. The summed E-state index contributed by atoms with van der Waals surface area (Å²) < 4.78 is 11.4. The maximum atomic E-state index is 11.9. The fourth-order valence-electron chi connectivity index (χ4n) is 8.85. The average molecular weight is 913 g/mol. The van der Waals surface area contributed by atoms with Gasteiger partial charge in [0, 0.05) is 98.5 Å². The van der Waals surface area contributed by atoms with Crippen molar-refractivity contribution in [2.75, 3.05) is 104 Å². The Kier molecular flexibility index (Phi) is 15.7. The Morgan fingerprint density at radius 1 is 0.642 bits per heavy atom. The van der Waals surface area contributed by atoms with Crippen molar-refractivity contribution in [1.82, 2.24) is 45.9 Å². The van der Waals surface area contributed by atoms with Crippen LogP contribution in [0.5, 0.6) is 0 Å². The van der Waals surface area contributed by atoms with Crippen LogP contribution in [0, 0.1) is 6.92 Å². The number of aryl methyl sites for hydroxylation is 1. The number of ether oxygens (including phenoxy) is 2. The molecule has 0 aliphatic carbocycles. The van der Waals surface area contributed by atoms with Gasteiger partial charge in [-0.15, -0.1) is 0 Å². The van der Waals surface area contributed by atoms with Crippen molar-refractivity contribution < 1.29 is 19.1 Å². The van der Waals surface area contributed by atoms with Crippen LogP contribution in [0.4, 0.5) is 38.4 Å². The zero-order valence-corrected chi connectivity index (χ0v) is 39.4. The molecule has 18 heteroatoms. The second-order valence-corrected chi connectivity index (χ2v) is 17.1. The van der Waals surface area contributed by atoms with E-state index in [4.69, 9.17) is 29.4 Å². The number of nitrogens with one attached hydrogen (secondary N) is 5. The Hall–Kier alpha value is -6.50. The summed E-state index contributed by atoms with van der Waals surface area (Å²) in [6, 6.07) is 17.5. The van der Waals surface area contributed by atoms with Gasteiger partial charge in [0.2, 0.25) is 0 Å². The summed E-state index contributed by atoms with van der Waals surface area (Å²) in [5, 5.41) is 14.6. The number of rotatable bonds is 9. The summed E-state index contributed by atoms with van der Waals surface area (Å²) in [6.07, 6.45) is 5.29. The lowest BCUT2D eigenvalue weighted by Crippen LogP contribution is -2.45. The molecule has 18 nitrogen and oxygen atoms in total. The summed E-state index contributed by atoms with van der Waals surface area (Å²) in [6.45, 7) is 19.2. The maximum Gasteiger partial charge on any atom is 0.319 e. The Labute approximate surface area is 393 Å².